The molecular weight excluding hydrogens is 234 g/mol. The van der Waals surface area contributed by atoms with Crippen LogP contribution < -0.4 is 5.32 Å². The predicted octanol–water partition coefficient (Wildman–Crippen LogP) is 2.94. The van der Waals surface area contributed by atoms with E-state index >= 15 is 0 Å². The van der Waals surface area contributed by atoms with Crippen LogP contribution in [0.25, 0.3) is 0 Å². The monoisotopic (exact) mass is 243 g/mol. The van der Waals surface area contributed by atoms with Gasteiger partial charge in [0.15, 0.2) is 0 Å². The van der Waals surface area contributed by atoms with E-state index in [1.54, 1.807) is 12.1 Å². The zero-order valence-corrected chi connectivity index (χ0v) is 9.44. The molecule has 0 fully saturated rings. The first-order valence-corrected chi connectivity index (χ1v) is 5.14. The number of rotatable bonds is 4. The van der Waals surface area contributed by atoms with Crippen LogP contribution in [0.1, 0.15) is 12.8 Å². The van der Waals surface area contributed by atoms with Gasteiger partial charge in [0.1, 0.15) is 0 Å². The highest BCUT2D eigenvalue weighted by Crippen LogP contribution is 2.20. The Hall–Kier alpha value is -1.13. The molecule has 0 radical (unpaired) electrons. The van der Waals surface area contributed by atoms with E-state index in [0.717, 1.165) is 0 Å². The topological polar surface area (TPSA) is 49.3 Å². The van der Waals surface area contributed by atoms with Crippen molar-refractivity contribution in [2.24, 2.45) is 0 Å². The summed E-state index contributed by atoms with van der Waals surface area (Å²) in [5, 5.41) is 11.9. The second-order valence-corrected chi connectivity index (χ2v) is 3.82. The van der Waals surface area contributed by atoms with Crippen LogP contribution in [0.4, 0.5) is 5.69 Å². The lowest BCUT2D eigenvalue weighted by atomic mass is 10.3. The molecule has 0 amide bonds. The maximum absolute atomic E-state index is 10.3. The number of aliphatic carboxylic acids is 1. The normalized spacial score (nSPS) is 9.67. The minimum Gasteiger partial charge on any atom is -0.481 e. The standard InChI is InChI=1S/C10H10ClNO2S/c11-7-3-1-2-4-8(7)12-9(15)5-6-10(13)14/h1-4H,5-6H2,(H,12,15)(H,13,14). The van der Waals surface area contributed by atoms with Crippen molar-refractivity contribution < 1.29 is 9.90 Å². The summed E-state index contributed by atoms with van der Waals surface area (Å²) in [6, 6.07) is 7.17. The average Bonchev–Trinajstić information content (AvgIpc) is 2.18. The molecule has 0 atom stereocenters. The number of thiocarbonyl (C=S) groups is 1. The first-order chi connectivity index (χ1) is 7.09. The number of carboxylic acids is 1. The molecular formula is C10H10ClNO2S. The van der Waals surface area contributed by atoms with Crippen LogP contribution in [-0.2, 0) is 4.79 Å². The second-order valence-electron chi connectivity index (χ2n) is 2.92. The predicted molar refractivity (Wildman–Crippen MR) is 64.5 cm³/mol. The van der Waals surface area contributed by atoms with Gasteiger partial charge >= 0.3 is 5.97 Å². The third kappa shape index (κ3) is 4.27. The molecule has 5 heteroatoms. The van der Waals surface area contributed by atoms with Crippen molar-refractivity contribution in [3.05, 3.63) is 29.3 Å². The lowest BCUT2D eigenvalue weighted by molar-refractivity contribution is -0.136. The van der Waals surface area contributed by atoms with E-state index in [4.69, 9.17) is 28.9 Å². The van der Waals surface area contributed by atoms with E-state index in [9.17, 15) is 4.79 Å². The smallest absolute Gasteiger partial charge is 0.303 e. The maximum atomic E-state index is 10.3. The first kappa shape index (κ1) is 11.9. The Morgan fingerprint density at radius 2 is 2.07 bits per heavy atom. The molecule has 0 unspecified atom stereocenters. The number of carbonyl (C=O) groups is 1. The number of benzene rings is 1. The van der Waals surface area contributed by atoms with Gasteiger partial charge in [-0.25, -0.2) is 0 Å². The van der Waals surface area contributed by atoms with Gasteiger partial charge in [0.2, 0.25) is 0 Å². The number of hydrogen-bond donors (Lipinski definition) is 2. The summed E-state index contributed by atoms with van der Waals surface area (Å²) in [4.78, 5) is 10.8. The van der Waals surface area contributed by atoms with E-state index in [1.807, 2.05) is 12.1 Å². The van der Waals surface area contributed by atoms with Crippen LogP contribution in [0.5, 0.6) is 0 Å². The quantitative estimate of drug-likeness (QED) is 0.799. The Balaban J connectivity index is 2.52. The molecule has 0 aliphatic carbocycles. The van der Waals surface area contributed by atoms with Crippen LogP contribution in [-0.4, -0.2) is 16.1 Å². The Bertz CT molecular complexity index is 381. The molecule has 0 aliphatic heterocycles. The number of para-hydroxylation sites is 1. The van der Waals surface area contributed by atoms with E-state index < -0.39 is 5.97 Å². The van der Waals surface area contributed by atoms with Gasteiger partial charge in [-0.1, -0.05) is 36.0 Å². The van der Waals surface area contributed by atoms with Crippen molar-refractivity contribution in [3.63, 3.8) is 0 Å². The van der Waals surface area contributed by atoms with Crippen molar-refractivity contribution in [2.45, 2.75) is 12.8 Å². The maximum Gasteiger partial charge on any atom is 0.303 e. The Morgan fingerprint density at radius 3 is 2.67 bits per heavy atom. The van der Waals surface area contributed by atoms with Crippen molar-refractivity contribution in [1.82, 2.24) is 0 Å². The average molecular weight is 244 g/mol. The molecule has 0 aromatic heterocycles. The van der Waals surface area contributed by atoms with E-state index in [2.05, 4.69) is 5.32 Å². The summed E-state index contributed by atoms with van der Waals surface area (Å²) in [6.45, 7) is 0. The third-order valence-corrected chi connectivity index (χ3v) is 2.35. The Labute approximate surface area is 98.1 Å². The number of halogens is 1. The zero-order valence-electron chi connectivity index (χ0n) is 7.87. The molecule has 0 bridgehead atoms. The van der Waals surface area contributed by atoms with E-state index in [-0.39, 0.29) is 6.42 Å². The van der Waals surface area contributed by atoms with Gasteiger partial charge in [0.05, 0.1) is 22.1 Å². The molecule has 0 aliphatic rings. The van der Waals surface area contributed by atoms with Crippen LogP contribution in [0.15, 0.2) is 24.3 Å². The SMILES string of the molecule is O=C(O)CCC(=S)Nc1ccccc1Cl. The van der Waals surface area contributed by atoms with Crippen molar-refractivity contribution >= 4 is 40.5 Å². The first-order valence-electron chi connectivity index (χ1n) is 4.36. The molecule has 0 saturated heterocycles. The van der Waals surface area contributed by atoms with Gasteiger partial charge in [-0.05, 0) is 12.1 Å². The molecule has 0 heterocycles. The second kappa shape index (κ2) is 5.68. The lowest BCUT2D eigenvalue weighted by Gasteiger charge is -2.07. The minimum absolute atomic E-state index is 0.0241. The number of hydrogen-bond acceptors (Lipinski definition) is 2. The molecule has 80 valence electrons. The summed E-state index contributed by atoms with van der Waals surface area (Å²) in [5.41, 5.74) is 0.703. The molecule has 15 heavy (non-hydrogen) atoms. The number of anilines is 1. The van der Waals surface area contributed by atoms with Crippen molar-refractivity contribution in [2.75, 3.05) is 5.32 Å². The molecule has 1 aromatic rings. The van der Waals surface area contributed by atoms with Gasteiger partial charge in [0, 0.05) is 6.42 Å². The van der Waals surface area contributed by atoms with E-state index in [1.165, 1.54) is 0 Å². The fourth-order valence-electron chi connectivity index (χ4n) is 0.996. The van der Waals surface area contributed by atoms with Crippen molar-refractivity contribution in [3.8, 4) is 0 Å². The summed E-state index contributed by atoms with van der Waals surface area (Å²) >= 11 is 10.9. The largest absolute Gasteiger partial charge is 0.481 e. The summed E-state index contributed by atoms with van der Waals surface area (Å²) in [7, 11) is 0. The molecule has 3 nitrogen and oxygen atoms in total. The number of nitrogens with one attached hydrogen (secondary N) is 1. The van der Waals surface area contributed by atoms with Crippen LogP contribution in [0.3, 0.4) is 0 Å². The summed E-state index contributed by atoms with van der Waals surface area (Å²) in [5.74, 6) is -0.863. The minimum atomic E-state index is -0.863. The number of carboxylic acid groups (broad SMARTS) is 1. The summed E-state index contributed by atoms with van der Waals surface area (Å²) < 4.78 is 0. The van der Waals surface area contributed by atoms with Crippen molar-refractivity contribution in [1.29, 1.82) is 0 Å². The van der Waals surface area contributed by atoms with Gasteiger partial charge in [-0.3, -0.25) is 4.79 Å². The molecule has 0 spiro atoms. The zero-order chi connectivity index (χ0) is 11.3. The van der Waals surface area contributed by atoms with Crippen LogP contribution in [0.2, 0.25) is 5.02 Å². The lowest BCUT2D eigenvalue weighted by Crippen LogP contribution is -2.11. The highest BCUT2D eigenvalue weighted by molar-refractivity contribution is 7.80. The van der Waals surface area contributed by atoms with Gasteiger partial charge < -0.3 is 10.4 Å². The highest BCUT2D eigenvalue weighted by Gasteiger charge is 2.04. The summed E-state index contributed by atoms with van der Waals surface area (Å²) in [6.07, 6.45) is 0.339. The Kier molecular flexibility index (Phi) is 4.52. The van der Waals surface area contributed by atoms with Crippen LogP contribution in [0, 0.1) is 0 Å². The van der Waals surface area contributed by atoms with Gasteiger partial charge in [0.25, 0.3) is 0 Å². The molecule has 2 N–H and O–H groups in total. The highest BCUT2D eigenvalue weighted by atomic mass is 35.5. The fraction of sp³-hybridized carbons (Fsp3) is 0.200. The van der Waals surface area contributed by atoms with Gasteiger partial charge in [-0.15, -0.1) is 0 Å². The third-order valence-electron chi connectivity index (χ3n) is 1.71. The van der Waals surface area contributed by atoms with Crippen LogP contribution >= 0.6 is 23.8 Å². The molecule has 1 rings (SSSR count). The Morgan fingerprint density at radius 1 is 1.40 bits per heavy atom. The fourth-order valence-corrected chi connectivity index (χ4v) is 1.39. The van der Waals surface area contributed by atoms with Gasteiger partial charge in [-0.2, -0.15) is 0 Å². The molecule has 1 aromatic carbocycles. The van der Waals surface area contributed by atoms with E-state index in [0.29, 0.717) is 22.1 Å². The molecule has 0 saturated carbocycles.